The van der Waals surface area contributed by atoms with E-state index in [1.165, 1.54) is 0 Å². The number of anilines is 1. The summed E-state index contributed by atoms with van der Waals surface area (Å²) in [6, 6.07) is 17.5. The van der Waals surface area contributed by atoms with Gasteiger partial charge in [-0.3, -0.25) is 14.4 Å². The summed E-state index contributed by atoms with van der Waals surface area (Å²) >= 11 is 1.56. The fraction of sp³-hybridized carbons (Fsp3) is 0.375. The highest BCUT2D eigenvalue weighted by Crippen LogP contribution is 2.40. The normalized spacial score (nSPS) is 22.9. The van der Waals surface area contributed by atoms with Crippen molar-refractivity contribution in [3.8, 4) is 0 Å². The van der Waals surface area contributed by atoms with Gasteiger partial charge in [0.1, 0.15) is 5.78 Å². The average molecular weight is 424 g/mol. The van der Waals surface area contributed by atoms with Crippen molar-refractivity contribution in [3.05, 3.63) is 54.6 Å². The fourth-order valence-corrected chi connectivity index (χ4v) is 5.31. The molecule has 6 heteroatoms. The van der Waals surface area contributed by atoms with Gasteiger partial charge < -0.3 is 10.1 Å². The highest BCUT2D eigenvalue weighted by Gasteiger charge is 2.41. The van der Waals surface area contributed by atoms with Crippen LogP contribution in [0.15, 0.2) is 64.4 Å². The number of rotatable bonds is 6. The van der Waals surface area contributed by atoms with Gasteiger partial charge in [-0.25, -0.2) is 0 Å². The van der Waals surface area contributed by atoms with Crippen molar-refractivity contribution in [3.63, 3.8) is 0 Å². The molecular weight excluding hydrogens is 398 g/mol. The number of esters is 1. The number of Topliss-reactive ketones (excluding diaryl/α,β-unsaturated/α-hetero) is 1. The molecule has 0 spiro atoms. The van der Waals surface area contributed by atoms with Crippen LogP contribution in [0.4, 0.5) is 5.69 Å². The first kappa shape index (κ1) is 20.7. The van der Waals surface area contributed by atoms with Gasteiger partial charge in [-0.05, 0) is 49.9 Å². The molecule has 0 aromatic heterocycles. The van der Waals surface area contributed by atoms with Gasteiger partial charge in [0.25, 0.3) is 5.91 Å². The summed E-state index contributed by atoms with van der Waals surface area (Å²) in [5.41, 5.74) is 0.685. The molecule has 0 saturated heterocycles. The second-order valence-electron chi connectivity index (χ2n) is 7.96. The Hall–Kier alpha value is -2.60. The molecule has 0 aliphatic heterocycles. The molecule has 1 amide bonds. The molecule has 156 valence electrons. The number of carbonyl (C=O) groups is 3. The molecule has 2 bridgehead atoms. The van der Waals surface area contributed by atoms with Crippen LogP contribution in [0.5, 0.6) is 0 Å². The Balaban J connectivity index is 1.31. The number of nitrogens with one attached hydrogen (secondary N) is 1. The van der Waals surface area contributed by atoms with E-state index in [2.05, 4.69) is 5.32 Å². The van der Waals surface area contributed by atoms with Crippen molar-refractivity contribution in [1.29, 1.82) is 0 Å². The Morgan fingerprint density at radius 1 is 0.967 bits per heavy atom. The quantitative estimate of drug-likeness (QED) is 0.681. The molecular formula is C24H25NO4S. The number of benzene rings is 2. The standard InChI is InChI=1S/C24H25NO4S/c26-22(15-29-24(28)18-13-16-7-6-8-17(14-18)23(16)27)25-20-11-4-5-12-21(20)30-19-9-2-1-3-10-19/h1-5,9-12,16-18H,6-8,13-15H2,(H,25,26)/t16-,17+,18?. The first-order chi connectivity index (χ1) is 14.6. The number of hydrogen-bond donors (Lipinski definition) is 1. The minimum absolute atomic E-state index is 0.00855. The molecule has 1 unspecified atom stereocenters. The van der Waals surface area contributed by atoms with E-state index in [9.17, 15) is 14.4 Å². The van der Waals surface area contributed by atoms with E-state index >= 15 is 0 Å². The van der Waals surface area contributed by atoms with Crippen LogP contribution >= 0.6 is 11.8 Å². The molecule has 2 fully saturated rings. The van der Waals surface area contributed by atoms with Gasteiger partial charge in [0, 0.05) is 21.6 Å². The van der Waals surface area contributed by atoms with Crippen molar-refractivity contribution in [2.75, 3.05) is 11.9 Å². The average Bonchev–Trinajstić information content (AvgIpc) is 2.74. The number of amides is 1. The highest BCUT2D eigenvalue weighted by molar-refractivity contribution is 7.99. The molecule has 0 heterocycles. The summed E-state index contributed by atoms with van der Waals surface area (Å²) < 4.78 is 5.31. The molecule has 5 nitrogen and oxygen atoms in total. The first-order valence-electron chi connectivity index (χ1n) is 10.4. The van der Waals surface area contributed by atoms with Crippen LogP contribution in [0.3, 0.4) is 0 Å². The number of fused-ring (bicyclic) bond motifs is 2. The summed E-state index contributed by atoms with van der Waals surface area (Å²) in [4.78, 5) is 39.1. The molecule has 2 aliphatic rings. The zero-order valence-corrected chi connectivity index (χ0v) is 17.5. The lowest BCUT2D eigenvalue weighted by atomic mass is 9.67. The smallest absolute Gasteiger partial charge is 0.309 e. The Morgan fingerprint density at radius 3 is 2.37 bits per heavy atom. The van der Waals surface area contributed by atoms with Gasteiger partial charge in [-0.1, -0.05) is 48.5 Å². The Morgan fingerprint density at radius 2 is 1.63 bits per heavy atom. The van der Waals surface area contributed by atoms with E-state index in [-0.39, 0.29) is 36.2 Å². The van der Waals surface area contributed by atoms with Crippen molar-refractivity contribution in [2.24, 2.45) is 17.8 Å². The minimum Gasteiger partial charge on any atom is -0.455 e. The predicted octanol–water partition coefficient (Wildman–Crippen LogP) is 4.71. The van der Waals surface area contributed by atoms with Crippen molar-refractivity contribution >= 4 is 35.1 Å². The molecule has 2 aliphatic carbocycles. The van der Waals surface area contributed by atoms with Crippen molar-refractivity contribution < 1.29 is 19.1 Å². The van der Waals surface area contributed by atoms with E-state index in [1.54, 1.807) is 11.8 Å². The minimum atomic E-state index is -0.364. The molecule has 2 aromatic carbocycles. The summed E-state index contributed by atoms with van der Waals surface area (Å²) in [5.74, 6) is -0.697. The Labute approximate surface area is 180 Å². The van der Waals surface area contributed by atoms with Crippen LogP contribution in [-0.4, -0.2) is 24.3 Å². The maximum absolute atomic E-state index is 12.5. The lowest BCUT2D eigenvalue weighted by Crippen LogP contribution is -2.40. The Bertz CT molecular complexity index is 914. The topological polar surface area (TPSA) is 72.5 Å². The second-order valence-corrected chi connectivity index (χ2v) is 9.08. The number of ether oxygens (including phenoxy) is 1. The second kappa shape index (κ2) is 9.47. The lowest BCUT2D eigenvalue weighted by Gasteiger charge is -2.36. The highest BCUT2D eigenvalue weighted by atomic mass is 32.2. The number of carbonyl (C=O) groups excluding carboxylic acids is 3. The van der Waals surface area contributed by atoms with Gasteiger partial charge in [-0.2, -0.15) is 0 Å². The Kier molecular flexibility index (Phi) is 6.53. The summed E-state index contributed by atoms with van der Waals surface area (Å²) in [6.45, 7) is -0.317. The molecule has 4 rings (SSSR count). The monoisotopic (exact) mass is 423 g/mol. The van der Waals surface area contributed by atoms with Gasteiger partial charge >= 0.3 is 5.97 Å². The third-order valence-corrected chi connectivity index (χ3v) is 6.94. The number of para-hydroxylation sites is 1. The third-order valence-electron chi connectivity index (χ3n) is 5.86. The lowest BCUT2D eigenvalue weighted by molar-refractivity contribution is -0.155. The molecule has 1 N–H and O–H groups in total. The number of hydrogen-bond acceptors (Lipinski definition) is 5. The summed E-state index contributed by atoms with van der Waals surface area (Å²) in [5, 5.41) is 2.84. The maximum Gasteiger partial charge on any atom is 0.309 e. The largest absolute Gasteiger partial charge is 0.455 e. The molecule has 2 aromatic rings. The van der Waals surface area contributed by atoms with Gasteiger partial charge in [0.15, 0.2) is 6.61 Å². The summed E-state index contributed by atoms with van der Waals surface area (Å²) in [6.07, 6.45) is 3.93. The van der Waals surface area contributed by atoms with Crippen molar-refractivity contribution in [1.82, 2.24) is 0 Å². The molecule has 0 radical (unpaired) electrons. The van der Waals surface area contributed by atoms with Crippen LogP contribution in [0, 0.1) is 17.8 Å². The molecule has 3 atom stereocenters. The molecule has 30 heavy (non-hydrogen) atoms. The SMILES string of the molecule is O=C(COC(=O)C1C[C@H]2CCC[C@@H](C1)C2=O)Nc1ccccc1Sc1ccccc1. The van der Waals surface area contributed by atoms with Gasteiger partial charge in [0.2, 0.25) is 0 Å². The van der Waals surface area contributed by atoms with E-state index in [1.807, 2.05) is 54.6 Å². The van der Waals surface area contributed by atoms with E-state index in [0.29, 0.717) is 24.3 Å². The zero-order chi connectivity index (χ0) is 20.9. The van der Waals surface area contributed by atoms with Crippen molar-refractivity contribution in [2.45, 2.75) is 41.9 Å². The van der Waals surface area contributed by atoms with E-state index < -0.39 is 0 Å². The van der Waals surface area contributed by atoms with E-state index in [0.717, 1.165) is 29.1 Å². The maximum atomic E-state index is 12.5. The van der Waals surface area contributed by atoms with Gasteiger partial charge in [-0.15, -0.1) is 0 Å². The fourth-order valence-electron chi connectivity index (χ4n) is 4.39. The summed E-state index contributed by atoms with van der Waals surface area (Å²) in [7, 11) is 0. The van der Waals surface area contributed by atoms with Crippen LogP contribution in [-0.2, 0) is 19.1 Å². The van der Waals surface area contributed by atoms with Crippen LogP contribution < -0.4 is 5.32 Å². The van der Waals surface area contributed by atoms with Crippen LogP contribution in [0.25, 0.3) is 0 Å². The predicted molar refractivity (Wildman–Crippen MR) is 115 cm³/mol. The first-order valence-corrected chi connectivity index (χ1v) is 11.2. The third kappa shape index (κ3) is 4.93. The number of ketones is 1. The zero-order valence-electron chi connectivity index (χ0n) is 16.7. The van der Waals surface area contributed by atoms with Crippen LogP contribution in [0.1, 0.15) is 32.1 Å². The molecule has 2 saturated carbocycles. The van der Waals surface area contributed by atoms with Gasteiger partial charge in [0.05, 0.1) is 11.6 Å². The van der Waals surface area contributed by atoms with Crippen LogP contribution in [0.2, 0.25) is 0 Å². The van der Waals surface area contributed by atoms with E-state index in [4.69, 9.17) is 4.74 Å².